The molecule has 5 rings (SSSR count). The third-order valence-corrected chi connectivity index (χ3v) is 7.06. The number of nitrogens with zero attached hydrogens (tertiary/aromatic N) is 6. The number of carbonyl (C=O) groups excluding carboxylic acids is 1. The summed E-state index contributed by atoms with van der Waals surface area (Å²) < 4.78 is 14.2. The number of aliphatic hydroxyl groups excluding tert-OH is 1. The van der Waals surface area contributed by atoms with Gasteiger partial charge in [-0.05, 0) is 38.7 Å². The van der Waals surface area contributed by atoms with Gasteiger partial charge in [-0.2, -0.15) is 5.10 Å². The quantitative estimate of drug-likeness (QED) is 0.485. The lowest BCUT2D eigenvalue weighted by molar-refractivity contribution is -0.136. The van der Waals surface area contributed by atoms with E-state index in [1.807, 2.05) is 28.7 Å². The summed E-state index contributed by atoms with van der Waals surface area (Å²) in [5, 5.41) is 22.6. The third kappa shape index (κ3) is 5.37. The van der Waals surface area contributed by atoms with Crippen LogP contribution in [0.5, 0.6) is 0 Å². The first kappa shape index (κ1) is 24.7. The van der Waals surface area contributed by atoms with Gasteiger partial charge in [0.1, 0.15) is 6.54 Å². The Hall–Kier alpha value is -3.02. The first-order valence-corrected chi connectivity index (χ1v) is 12.7. The zero-order chi connectivity index (χ0) is 25.1. The Bertz CT molecular complexity index is 1180. The van der Waals surface area contributed by atoms with E-state index in [1.165, 1.54) is 0 Å². The highest BCUT2D eigenvalue weighted by molar-refractivity contribution is 5.81. The van der Waals surface area contributed by atoms with Crippen molar-refractivity contribution in [1.82, 2.24) is 29.3 Å². The Labute approximate surface area is 210 Å². The Morgan fingerprint density at radius 1 is 1.25 bits per heavy atom. The lowest BCUT2D eigenvalue weighted by Crippen LogP contribution is -2.42. The van der Waals surface area contributed by atoms with Crippen LogP contribution in [-0.2, 0) is 20.8 Å². The van der Waals surface area contributed by atoms with Crippen LogP contribution in [0.15, 0.2) is 24.7 Å². The first-order valence-electron chi connectivity index (χ1n) is 12.7. The number of aliphatic hydroxyl groups is 1. The number of methoxy groups -OCH3 is 1. The number of nitrogens with one attached hydrogen (secondary N) is 1. The number of fused-ring (bicyclic) bond motifs is 1. The van der Waals surface area contributed by atoms with E-state index in [0.29, 0.717) is 44.8 Å². The smallest absolute Gasteiger partial charge is 0.244 e. The van der Waals surface area contributed by atoms with Crippen LogP contribution in [0.4, 0.5) is 5.95 Å². The molecule has 0 unspecified atom stereocenters. The highest BCUT2D eigenvalue weighted by atomic mass is 16.5. The van der Waals surface area contributed by atoms with E-state index in [0.717, 1.165) is 48.0 Å². The van der Waals surface area contributed by atoms with Crippen LogP contribution in [-0.4, -0.2) is 92.5 Å². The van der Waals surface area contributed by atoms with Gasteiger partial charge in [-0.15, -0.1) is 5.10 Å². The van der Waals surface area contributed by atoms with Crippen LogP contribution < -0.4 is 5.32 Å². The van der Waals surface area contributed by atoms with Crippen LogP contribution in [0, 0.1) is 0 Å². The average molecular weight is 498 g/mol. The van der Waals surface area contributed by atoms with Crippen LogP contribution in [0.2, 0.25) is 0 Å². The molecule has 3 aromatic heterocycles. The second-order valence-corrected chi connectivity index (χ2v) is 9.79. The molecule has 194 valence electrons. The molecule has 1 aliphatic carbocycles. The molecule has 1 saturated carbocycles. The minimum atomic E-state index is -0.226. The largest absolute Gasteiger partial charge is 0.393 e. The Kier molecular flexibility index (Phi) is 7.49. The summed E-state index contributed by atoms with van der Waals surface area (Å²) in [5.41, 5.74) is 3.90. The molecule has 3 aromatic rings. The Morgan fingerprint density at radius 2 is 2.03 bits per heavy atom. The summed E-state index contributed by atoms with van der Waals surface area (Å²) in [7, 11) is 1.67. The van der Waals surface area contributed by atoms with Gasteiger partial charge in [-0.1, -0.05) is 0 Å². The van der Waals surface area contributed by atoms with Crippen molar-refractivity contribution in [2.75, 3.05) is 45.3 Å². The van der Waals surface area contributed by atoms with Crippen molar-refractivity contribution in [3.63, 3.8) is 0 Å². The molecule has 36 heavy (non-hydrogen) atoms. The number of rotatable bonds is 8. The predicted octanol–water partition coefficient (Wildman–Crippen LogP) is 1.92. The van der Waals surface area contributed by atoms with Crippen LogP contribution in [0.1, 0.15) is 44.2 Å². The van der Waals surface area contributed by atoms with E-state index < -0.39 is 0 Å². The van der Waals surface area contributed by atoms with E-state index in [9.17, 15) is 9.90 Å². The number of carbonyl (C=O) groups is 1. The van der Waals surface area contributed by atoms with E-state index in [4.69, 9.17) is 14.6 Å². The molecule has 0 radical (unpaired) electrons. The fraction of sp³-hybridized carbons (Fsp3) is 0.600. The monoisotopic (exact) mass is 497 g/mol. The Morgan fingerprint density at radius 3 is 2.78 bits per heavy atom. The number of ether oxygens (including phenoxy) is 2. The number of anilines is 1. The summed E-state index contributed by atoms with van der Waals surface area (Å²) in [4.78, 5) is 19.1. The van der Waals surface area contributed by atoms with Crippen molar-refractivity contribution in [3.05, 3.63) is 30.4 Å². The molecule has 2 fully saturated rings. The van der Waals surface area contributed by atoms with Gasteiger partial charge in [-0.25, -0.2) is 9.50 Å². The van der Waals surface area contributed by atoms with Crippen LogP contribution >= 0.6 is 0 Å². The van der Waals surface area contributed by atoms with Gasteiger partial charge in [0.25, 0.3) is 0 Å². The van der Waals surface area contributed by atoms with E-state index in [2.05, 4.69) is 21.5 Å². The molecule has 1 aliphatic heterocycles. The van der Waals surface area contributed by atoms with Crippen molar-refractivity contribution in [3.8, 4) is 11.1 Å². The first-order chi connectivity index (χ1) is 17.5. The molecule has 11 nitrogen and oxygen atoms in total. The minimum Gasteiger partial charge on any atom is -0.393 e. The minimum absolute atomic E-state index is 0.0420. The molecule has 11 heteroatoms. The number of hydrogen-bond donors (Lipinski definition) is 2. The van der Waals surface area contributed by atoms with Crippen molar-refractivity contribution in [2.45, 2.75) is 57.2 Å². The highest BCUT2D eigenvalue weighted by Gasteiger charge is 2.26. The lowest BCUT2D eigenvalue weighted by Gasteiger charge is -2.26. The molecular weight excluding hydrogens is 462 g/mol. The standard InChI is InChI=1S/C25H35N7O4/c1-17(16-35-2)28-25-26-13-23-21(11-22(32(23)29-25)18-3-5-20(33)6-4-18)19-12-27-31(14-19)15-24(34)30-7-9-36-10-8-30/h11-14,17-18,20,33H,3-10,15-16H2,1-2H3,(H,28,29)/t17-,18-,20-/m0/s1. The number of hydrogen-bond acceptors (Lipinski definition) is 8. The molecule has 0 aromatic carbocycles. The second kappa shape index (κ2) is 10.9. The normalized spacial score (nSPS) is 21.6. The molecule has 0 bridgehead atoms. The molecular formula is C25H35N7O4. The zero-order valence-electron chi connectivity index (χ0n) is 21.0. The lowest BCUT2D eigenvalue weighted by atomic mass is 9.85. The molecule has 0 spiro atoms. The molecule has 1 saturated heterocycles. The average Bonchev–Trinajstić information content (AvgIpc) is 3.49. The second-order valence-electron chi connectivity index (χ2n) is 9.79. The van der Waals surface area contributed by atoms with Crippen molar-refractivity contribution >= 4 is 17.4 Å². The van der Waals surface area contributed by atoms with Gasteiger partial charge in [0, 0.05) is 55.2 Å². The third-order valence-electron chi connectivity index (χ3n) is 7.06. The van der Waals surface area contributed by atoms with Gasteiger partial charge < -0.3 is 24.8 Å². The fourth-order valence-corrected chi connectivity index (χ4v) is 5.13. The summed E-state index contributed by atoms with van der Waals surface area (Å²) in [5.74, 6) is 0.880. The van der Waals surface area contributed by atoms with E-state index >= 15 is 0 Å². The Balaban J connectivity index is 1.44. The summed E-state index contributed by atoms with van der Waals surface area (Å²) in [6.07, 6.45) is 8.71. The van der Waals surface area contributed by atoms with Crippen molar-refractivity contribution < 1.29 is 19.4 Å². The number of morpholine rings is 1. The fourth-order valence-electron chi connectivity index (χ4n) is 5.13. The maximum absolute atomic E-state index is 12.7. The van der Waals surface area contributed by atoms with Crippen LogP contribution in [0.25, 0.3) is 16.6 Å². The molecule has 2 N–H and O–H groups in total. The van der Waals surface area contributed by atoms with E-state index in [-0.39, 0.29) is 24.6 Å². The van der Waals surface area contributed by atoms with Gasteiger partial charge >= 0.3 is 0 Å². The van der Waals surface area contributed by atoms with Crippen molar-refractivity contribution in [2.24, 2.45) is 0 Å². The zero-order valence-corrected chi connectivity index (χ0v) is 21.0. The summed E-state index contributed by atoms with van der Waals surface area (Å²) in [6.45, 7) is 5.16. The predicted molar refractivity (Wildman–Crippen MR) is 134 cm³/mol. The van der Waals surface area contributed by atoms with E-state index in [1.54, 1.807) is 18.0 Å². The molecule has 1 amide bonds. The topological polar surface area (TPSA) is 119 Å². The van der Waals surface area contributed by atoms with Gasteiger partial charge in [-0.3, -0.25) is 9.48 Å². The molecule has 4 heterocycles. The summed E-state index contributed by atoms with van der Waals surface area (Å²) >= 11 is 0. The van der Waals surface area contributed by atoms with Gasteiger partial charge in [0.2, 0.25) is 11.9 Å². The molecule has 2 aliphatic rings. The van der Waals surface area contributed by atoms with Crippen LogP contribution in [0.3, 0.4) is 0 Å². The number of amides is 1. The SMILES string of the molecule is COC[C@H](C)Nc1ncc2c(-c3cnn(CC(=O)N4CCOCC4)c3)cc([C@H]3CC[C@H](O)CC3)n2n1. The van der Waals surface area contributed by atoms with Crippen molar-refractivity contribution in [1.29, 1.82) is 0 Å². The number of aromatic nitrogens is 5. The molecule has 1 atom stereocenters. The maximum Gasteiger partial charge on any atom is 0.244 e. The maximum atomic E-state index is 12.7. The van der Waals surface area contributed by atoms with Gasteiger partial charge in [0.15, 0.2) is 0 Å². The van der Waals surface area contributed by atoms with Gasteiger partial charge in [0.05, 0.1) is 43.8 Å². The highest BCUT2D eigenvalue weighted by Crippen LogP contribution is 2.37. The summed E-state index contributed by atoms with van der Waals surface area (Å²) in [6, 6.07) is 2.23.